The molecule has 17 heavy (non-hydrogen) atoms. The van der Waals surface area contributed by atoms with Crippen LogP contribution in [0.25, 0.3) is 0 Å². The largest absolute Gasteiger partial charge is 0.390 e. The summed E-state index contributed by atoms with van der Waals surface area (Å²) in [5.74, 6) is 0.658. The van der Waals surface area contributed by atoms with Crippen LogP contribution in [0.1, 0.15) is 77.0 Å². The van der Waals surface area contributed by atoms with Crippen molar-refractivity contribution in [3.8, 4) is 0 Å². The van der Waals surface area contributed by atoms with Crippen LogP contribution in [0.15, 0.2) is 0 Å². The Morgan fingerprint density at radius 3 is 2.00 bits per heavy atom. The molecule has 1 unspecified atom stereocenters. The van der Waals surface area contributed by atoms with Crippen molar-refractivity contribution in [1.82, 2.24) is 0 Å². The Kier molecular flexibility index (Phi) is 4.87. The van der Waals surface area contributed by atoms with Crippen molar-refractivity contribution in [2.75, 3.05) is 0 Å². The van der Waals surface area contributed by atoms with E-state index < -0.39 is 11.7 Å². The number of aliphatic hydroxyl groups excluding tert-OH is 1. The highest BCUT2D eigenvalue weighted by Crippen LogP contribution is 2.35. The van der Waals surface area contributed by atoms with Gasteiger partial charge in [-0.2, -0.15) is 0 Å². The SMILES string of the molecule is OC(CC1CCCCC1)C1(O)CCCCCC1. The van der Waals surface area contributed by atoms with Gasteiger partial charge in [-0.3, -0.25) is 0 Å². The van der Waals surface area contributed by atoms with E-state index in [-0.39, 0.29) is 0 Å². The minimum Gasteiger partial charge on any atom is -0.390 e. The number of rotatable bonds is 3. The van der Waals surface area contributed by atoms with Gasteiger partial charge in [0.05, 0.1) is 11.7 Å². The Labute approximate surface area is 105 Å². The Balaban J connectivity index is 1.85. The van der Waals surface area contributed by atoms with Gasteiger partial charge >= 0.3 is 0 Å². The molecule has 2 aliphatic rings. The van der Waals surface area contributed by atoms with Gasteiger partial charge in [0.25, 0.3) is 0 Å². The highest BCUT2D eigenvalue weighted by molar-refractivity contribution is 4.89. The maximum Gasteiger partial charge on any atom is 0.0905 e. The molecular formula is C15H28O2. The van der Waals surface area contributed by atoms with Gasteiger partial charge in [-0.1, -0.05) is 57.8 Å². The van der Waals surface area contributed by atoms with Crippen molar-refractivity contribution in [2.45, 2.75) is 88.8 Å². The first kappa shape index (κ1) is 13.4. The molecule has 1 atom stereocenters. The molecule has 0 spiro atoms. The molecule has 0 amide bonds. The molecular weight excluding hydrogens is 212 g/mol. The summed E-state index contributed by atoms with van der Waals surface area (Å²) in [6.45, 7) is 0. The Morgan fingerprint density at radius 2 is 1.41 bits per heavy atom. The molecule has 100 valence electrons. The molecule has 2 aliphatic carbocycles. The van der Waals surface area contributed by atoms with E-state index in [1.807, 2.05) is 0 Å². The third-order valence-electron chi connectivity index (χ3n) is 4.87. The Bertz CT molecular complexity index is 213. The zero-order chi connectivity index (χ0) is 12.1. The fourth-order valence-corrected chi connectivity index (χ4v) is 3.63. The summed E-state index contributed by atoms with van der Waals surface area (Å²) >= 11 is 0. The van der Waals surface area contributed by atoms with E-state index >= 15 is 0 Å². The molecule has 0 aromatic rings. The molecule has 0 aromatic carbocycles. The molecule has 0 aromatic heterocycles. The molecule has 0 bridgehead atoms. The summed E-state index contributed by atoms with van der Waals surface area (Å²) in [6, 6.07) is 0. The maximum atomic E-state index is 10.6. The minimum absolute atomic E-state index is 0.483. The van der Waals surface area contributed by atoms with Gasteiger partial charge in [0.15, 0.2) is 0 Å². The van der Waals surface area contributed by atoms with Crippen LogP contribution in [0.2, 0.25) is 0 Å². The fraction of sp³-hybridized carbons (Fsp3) is 1.00. The summed E-state index contributed by atoms with van der Waals surface area (Å²) in [7, 11) is 0. The first-order chi connectivity index (χ1) is 8.21. The molecule has 0 heterocycles. The van der Waals surface area contributed by atoms with Crippen molar-refractivity contribution in [3.63, 3.8) is 0 Å². The molecule has 2 fully saturated rings. The lowest BCUT2D eigenvalue weighted by atomic mass is 9.79. The smallest absolute Gasteiger partial charge is 0.0905 e. The topological polar surface area (TPSA) is 40.5 Å². The van der Waals surface area contributed by atoms with Gasteiger partial charge in [-0.15, -0.1) is 0 Å². The van der Waals surface area contributed by atoms with Crippen LogP contribution in [0.4, 0.5) is 0 Å². The predicted octanol–water partition coefficient (Wildman–Crippen LogP) is 3.40. The van der Waals surface area contributed by atoms with Gasteiger partial charge in [0.2, 0.25) is 0 Å². The van der Waals surface area contributed by atoms with E-state index in [1.54, 1.807) is 0 Å². The second-order valence-corrected chi connectivity index (χ2v) is 6.27. The third-order valence-corrected chi connectivity index (χ3v) is 4.87. The van der Waals surface area contributed by atoms with Gasteiger partial charge in [0, 0.05) is 0 Å². The highest BCUT2D eigenvalue weighted by Gasteiger charge is 2.36. The zero-order valence-electron chi connectivity index (χ0n) is 11.0. The molecule has 0 saturated heterocycles. The lowest BCUT2D eigenvalue weighted by molar-refractivity contribution is -0.0943. The normalized spacial score (nSPS) is 28.6. The molecule has 2 nitrogen and oxygen atoms in total. The molecule has 2 N–H and O–H groups in total. The molecule has 0 radical (unpaired) electrons. The second kappa shape index (κ2) is 6.19. The van der Waals surface area contributed by atoms with E-state index in [2.05, 4.69) is 0 Å². The van der Waals surface area contributed by atoms with Crippen molar-refractivity contribution in [1.29, 1.82) is 0 Å². The summed E-state index contributed by atoms with van der Waals surface area (Å²) in [5.41, 5.74) is -0.770. The standard InChI is InChI=1S/C15H28O2/c16-14(12-13-8-4-3-5-9-13)15(17)10-6-1-2-7-11-15/h13-14,16-17H,1-12H2. The Morgan fingerprint density at radius 1 is 0.882 bits per heavy atom. The molecule has 2 rings (SSSR count). The van der Waals surface area contributed by atoms with Crippen LogP contribution in [-0.2, 0) is 0 Å². The number of aliphatic hydroxyl groups is 2. The lowest BCUT2D eigenvalue weighted by Crippen LogP contribution is -2.43. The van der Waals surface area contributed by atoms with Gasteiger partial charge in [0.1, 0.15) is 0 Å². The van der Waals surface area contributed by atoms with E-state index in [9.17, 15) is 10.2 Å². The number of hydrogen-bond acceptors (Lipinski definition) is 2. The number of hydrogen-bond donors (Lipinski definition) is 2. The quantitative estimate of drug-likeness (QED) is 0.742. The highest BCUT2D eigenvalue weighted by atomic mass is 16.3. The van der Waals surface area contributed by atoms with Gasteiger partial charge < -0.3 is 10.2 Å². The van der Waals surface area contributed by atoms with Crippen molar-refractivity contribution in [2.24, 2.45) is 5.92 Å². The van der Waals surface area contributed by atoms with E-state index in [1.165, 1.54) is 44.9 Å². The van der Waals surface area contributed by atoms with E-state index in [4.69, 9.17) is 0 Å². The first-order valence-electron chi connectivity index (χ1n) is 7.61. The summed E-state index contributed by atoms with van der Waals surface area (Å²) in [4.78, 5) is 0. The van der Waals surface area contributed by atoms with Gasteiger partial charge in [-0.25, -0.2) is 0 Å². The Hall–Kier alpha value is -0.0800. The van der Waals surface area contributed by atoms with Crippen molar-refractivity contribution >= 4 is 0 Å². The average Bonchev–Trinajstić information content (AvgIpc) is 2.56. The lowest BCUT2D eigenvalue weighted by Gasteiger charge is -2.35. The summed E-state index contributed by atoms with van der Waals surface area (Å²) in [5, 5.41) is 21.0. The summed E-state index contributed by atoms with van der Waals surface area (Å²) < 4.78 is 0. The predicted molar refractivity (Wildman–Crippen MR) is 69.9 cm³/mol. The van der Waals surface area contributed by atoms with Gasteiger partial charge in [-0.05, 0) is 25.2 Å². The molecule has 0 aliphatic heterocycles. The monoisotopic (exact) mass is 240 g/mol. The third kappa shape index (κ3) is 3.69. The van der Waals surface area contributed by atoms with E-state index in [0.717, 1.165) is 32.1 Å². The van der Waals surface area contributed by atoms with Crippen LogP contribution in [0.3, 0.4) is 0 Å². The van der Waals surface area contributed by atoms with Crippen LogP contribution in [-0.4, -0.2) is 21.9 Å². The average molecular weight is 240 g/mol. The minimum atomic E-state index is -0.770. The van der Waals surface area contributed by atoms with Crippen LogP contribution >= 0.6 is 0 Å². The van der Waals surface area contributed by atoms with Crippen LogP contribution < -0.4 is 0 Å². The molecule has 2 heteroatoms. The zero-order valence-corrected chi connectivity index (χ0v) is 11.0. The van der Waals surface area contributed by atoms with Crippen molar-refractivity contribution in [3.05, 3.63) is 0 Å². The molecule has 2 saturated carbocycles. The fourth-order valence-electron chi connectivity index (χ4n) is 3.63. The second-order valence-electron chi connectivity index (χ2n) is 6.27. The van der Waals surface area contributed by atoms with Crippen molar-refractivity contribution < 1.29 is 10.2 Å². The maximum absolute atomic E-state index is 10.6. The summed E-state index contributed by atoms with van der Waals surface area (Å²) in [6.07, 6.45) is 13.1. The first-order valence-corrected chi connectivity index (χ1v) is 7.61. The van der Waals surface area contributed by atoms with Crippen LogP contribution in [0, 0.1) is 5.92 Å². The van der Waals surface area contributed by atoms with Crippen LogP contribution in [0.5, 0.6) is 0 Å². The van der Waals surface area contributed by atoms with E-state index in [0.29, 0.717) is 5.92 Å².